The van der Waals surface area contributed by atoms with Gasteiger partial charge in [0.15, 0.2) is 5.96 Å². The van der Waals surface area contributed by atoms with Gasteiger partial charge in [0, 0.05) is 20.1 Å². The van der Waals surface area contributed by atoms with Crippen molar-refractivity contribution in [1.82, 2.24) is 10.6 Å². The van der Waals surface area contributed by atoms with Gasteiger partial charge in [-0.25, -0.2) is 4.39 Å². The lowest BCUT2D eigenvalue weighted by atomic mass is 10.1. The summed E-state index contributed by atoms with van der Waals surface area (Å²) in [5.74, 6) is 0.500. The van der Waals surface area contributed by atoms with E-state index in [1.165, 1.54) is 23.3 Å². The monoisotopic (exact) mass is 285 g/mol. The van der Waals surface area contributed by atoms with Gasteiger partial charge in [0.25, 0.3) is 0 Å². The van der Waals surface area contributed by atoms with Gasteiger partial charge in [-0.2, -0.15) is 0 Å². The molecule has 0 aliphatic rings. The Balaban J connectivity index is 1.83. The number of rotatable bonds is 4. The molecule has 0 fully saturated rings. The van der Waals surface area contributed by atoms with Gasteiger partial charge >= 0.3 is 0 Å². The van der Waals surface area contributed by atoms with Crippen molar-refractivity contribution in [2.75, 3.05) is 7.05 Å². The second-order valence-corrected chi connectivity index (χ2v) is 4.89. The fourth-order valence-electron chi connectivity index (χ4n) is 1.90. The van der Waals surface area contributed by atoms with E-state index in [-0.39, 0.29) is 5.82 Å². The Morgan fingerprint density at radius 3 is 1.86 bits per heavy atom. The normalized spacial score (nSPS) is 11.3. The van der Waals surface area contributed by atoms with Crippen molar-refractivity contribution in [3.63, 3.8) is 0 Å². The summed E-state index contributed by atoms with van der Waals surface area (Å²) >= 11 is 0. The van der Waals surface area contributed by atoms with Crippen molar-refractivity contribution in [2.24, 2.45) is 4.99 Å². The van der Waals surface area contributed by atoms with Crippen molar-refractivity contribution >= 4 is 5.96 Å². The number of nitrogens with zero attached hydrogens (tertiary/aromatic N) is 1. The average Bonchev–Trinajstić information content (AvgIpc) is 2.51. The first-order chi connectivity index (χ1) is 10.2. The summed E-state index contributed by atoms with van der Waals surface area (Å²) < 4.78 is 12.8. The van der Waals surface area contributed by atoms with Gasteiger partial charge in [-0.1, -0.05) is 42.0 Å². The topological polar surface area (TPSA) is 36.4 Å². The highest BCUT2D eigenvalue weighted by Gasteiger charge is 1.99. The first-order valence-corrected chi connectivity index (χ1v) is 6.92. The minimum atomic E-state index is -0.222. The van der Waals surface area contributed by atoms with E-state index in [0.717, 1.165) is 11.5 Å². The van der Waals surface area contributed by atoms with Gasteiger partial charge in [0.2, 0.25) is 0 Å². The van der Waals surface area contributed by atoms with Gasteiger partial charge < -0.3 is 10.6 Å². The molecule has 0 aromatic heterocycles. The number of halogens is 1. The SMILES string of the molecule is CN=C(NCc1ccc(C)cc1)NCc1ccc(F)cc1. The Hall–Kier alpha value is -2.36. The lowest BCUT2D eigenvalue weighted by molar-refractivity contribution is 0.626. The average molecular weight is 285 g/mol. The maximum Gasteiger partial charge on any atom is 0.191 e. The Labute approximate surface area is 124 Å². The predicted octanol–water partition coefficient (Wildman–Crippen LogP) is 3.00. The van der Waals surface area contributed by atoms with E-state index < -0.39 is 0 Å². The van der Waals surface area contributed by atoms with Crippen LogP contribution in [-0.2, 0) is 13.1 Å². The molecule has 0 heterocycles. The zero-order chi connectivity index (χ0) is 15.1. The number of aryl methyl sites for hydroxylation is 1. The molecule has 2 rings (SSSR count). The van der Waals surface area contributed by atoms with Crippen LogP contribution in [0.3, 0.4) is 0 Å². The quantitative estimate of drug-likeness (QED) is 0.669. The van der Waals surface area contributed by atoms with E-state index in [1.54, 1.807) is 19.2 Å². The maximum atomic E-state index is 12.8. The molecule has 0 saturated carbocycles. The molecule has 0 atom stereocenters. The van der Waals surface area contributed by atoms with Crippen LogP contribution in [-0.4, -0.2) is 13.0 Å². The summed E-state index contributed by atoms with van der Waals surface area (Å²) in [7, 11) is 1.73. The van der Waals surface area contributed by atoms with Crippen molar-refractivity contribution in [3.8, 4) is 0 Å². The smallest absolute Gasteiger partial charge is 0.191 e. The summed E-state index contributed by atoms with van der Waals surface area (Å²) in [5.41, 5.74) is 3.46. The lowest BCUT2D eigenvalue weighted by Gasteiger charge is -2.12. The standard InChI is InChI=1S/C17H20FN3/c1-13-3-5-14(6-4-13)11-20-17(19-2)21-12-15-7-9-16(18)10-8-15/h3-10H,11-12H2,1-2H3,(H2,19,20,21). The van der Waals surface area contributed by atoms with Gasteiger partial charge in [-0.3, -0.25) is 4.99 Å². The molecule has 2 aromatic carbocycles. The molecule has 0 radical (unpaired) electrons. The Bertz CT molecular complexity index is 537. The van der Waals surface area contributed by atoms with E-state index in [9.17, 15) is 4.39 Å². The Morgan fingerprint density at radius 2 is 1.38 bits per heavy atom. The molecule has 0 amide bonds. The number of nitrogens with one attached hydrogen (secondary N) is 2. The first-order valence-electron chi connectivity index (χ1n) is 6.92. The zero-order valence-electron chi connectivity index (χ0n) is 12.4. The van der Waals surface area contributed by atoms with Crippen LogP contribution in [0.4, 0.5) is 4.39 Å². The van der Waals surface area contributed by atoms with Gasteiger partial charge in [-0.05, 0) is 30.2 Å². The van der Waals surface area contributed by atoms with Gasteiger partial charge in [-0.15, -0.1) is 0 Å². The van der Waals surface area contributed by atoms with Crippen LogP contribution < -0.4 is 10.6 Å². The summed E-state index contributed by atoms with van der Waals surface area (Å²) in [6.07, 6.45) is 0. The minimum absolute atomic E-state index is 0.222. The fourth-order valence-corrected chi connectivity index (χ4v) is 1.90. The molecule has 0 aliphatic carbocycles. The fraction of sp³-hybridized carbons (Fsp3) is 0.235. The van der Waals surface area contributed by atoms with E-state index in [1.807, 2.05) is 0 Å². The first kappa shape index (κ1) is 15.0. The Morgan fingerprint density at radius 1 is 0.905 bits per heavy atom. The molecule has 4 heteroatoms. The third-order valence-electron chi connectivity index (χ3n) is 3.18. The molecule has 3 nitrogen and oxygen atoms in total. The van der Waals surface area contributed by atoms with E-state index >= 15 is 0 Å². The zero-order valence-corrected chi connectivity index (χ0v) is 12.4. The molecule has 2 aromatic rings. The maximum absolute atomic E-state index is 12.8. The van der Waals surface area contributed by atoms with Crippen LogP contribution in [0.15, 0.2) is 53.5 Å². The molecule has 0 aliphatic heterocycles. The third kappa shape index (κ3) is 4.91. The number of guanidine groups is 1. The van der Waals surface area contributed by atoms with Crippen molar-refractivity contribution < 1.29 is 4.39 Å². The number of aliphatic imine (C=N–C) groups is 1. The molecular formula is C17H20FN3. The lowest BCUT2D eigenvalue weighted by Crippen LogP contribution is -2.36. The van der Waals surface area contributed by atoms with Crippen LogP contribution >= 0.6 is 0 Å². The molecular weight excluding hydrogens is 265 g/mol. The third-order valence-corrected chi connectivity index (χ3v) is 3.18. The molecule has 2 N–H and O–H groups in total. The highest BCUT2D eigenvalue weighted by molar-refractivity contribution is 5.79. The molecule has 21 heavy (non-hydrogen) atoms. The van der Waals surface area contributed by atoms with Gasteiger partial charge in [0.1, 0.15) is 5.82 Å². The number of hydrogen-bond donors (Lipinski definition) is 2. The second-order valence-electron chi connectivity index (χ2n) is 4.89. The van der Waals surface area contributed by atoms with Crippen molar-refractivity contribution in [1.29, 1.82) is 0 Å². The van der Waals surface area contributed by atoms with Gasteiger partial charge in [0.05, 0.1) is 0 Å². The summed E-state index contributed by atoms with van der Waals surface area (Å²) in [5, 5.41) is 6.45. The molecule has 110 valence electrons. The van der Waals surface area contributed by atoms with Crippen LogP contribution in [0.1, 0.15) is 16.7 Å². The molecule has 0 spiro atoms. The predicted molar refractivity (Wildman–Crippen MR) is 84.6 cm³/mol. The van der Waals surface area contributed by atoms with Crippen LogP contribution in [0.2, 0.25) is 0 Å². The molecule has 0 unspecified atom stereocenters. The van der Waals surface area contributed by atoms with Crippen molar-refractivity contribution in [2.45, 2.75) is 20.0 Å². The van der Waals surface area contributed by atoms with Crippen LogP contribution in [0.25, 0.3) is 0 Å². The largest absolute Gasteiger partial charge is 0.352 e. The number of benzene rings is 2. The highest BCUT2D eigenvalue weighted by atomic mass is 19.1. The molecule has 0 saturated heterocycles. The number of hydrogen-bond acceptors (Lipinski definition) is 1. The summed E-state index contributed by atoms with van der Waals surface area (Å²) in [4.78, 5) is 4.17. The van der Waals surface area contributed by atoms with Crippen LogP contribution in [0.5, 0.6) is 0 Å². The Kier molecular flexibility index (Phi) is 5.32. The van der Waals surface area contributed by atoms with E-state index in [4.69, 9.17) is 0 Å². The van der Waals surface area contributed by atoms with Crippen molar-refractivity contribution in [3.05, 3.63) is 71.0 Å². The second kappa shape index (κ2) is 7.43. The molecule has 0 bridgehead atoms. The van der Waals surface area contributed by atoms with E-state index in [0.29, 0.717) is 13.1 Å². The summed E-state index contributed by atoms with van der Waals surface area (Å²) in [6.45, 7) is 3.39. The minimum Gasteiger partial charge on any atom is -0.352 e. The van der Waals surface area contributed by atoms with Crippen LogP contribution in [0, 0.1) is 12.7 Å². The summed E-state index contributed by atoms with van der Waals surface area (Å²) in [6, 6.07) is 14.8. The highest BCUT2D eigenvalue weighted by Crippen LogP contribution is 2.03. The van der Waals surface area contributed by atoms with E-state index in [2.05, 4.69) is 46.8 Å².